The topological polar surface area (TPSA) is 116 Å². The van der Waals surface area contributed by atoms with Gasteiger partial charge in [0.1, 0.15) is 12.3 Å². The number of nitrogens with zero attached hydrogens (tertiary/aromatic N) is 6. The third kappa shape index (κ3) is 4.06. The van der Waals surface area contributed by atoms with Crippen LogP contribution in [0.5, 0.6) is 5.75 Å². The molecule has 10 nitrogen and oxygen atoms in total. The van der Waals surface area contributed by atoms with Gasteiger partial charge in [0.05, 0.1) is 12.0 Å². The molecule has 0 N–H and O–H groups in total. The van der Waals surface area contributed by atoms with E-state index in [9.17, 15) is 14.9 Å². The van der Waals surface area contributed by atoms with Crippen molar-refractivity contribution in [2.24, 2.45) is 0 Å². The third-order valence-corrected chi connectivity index (χ3v) is 3.88. The van der Waals surface area contributed by atoms with Crippen molar-refractivity contribution in [1.82, 2.24) is 20.2 Å². The molecular formula is C17H16N6O4. The smallest absolute Gasteiger partial charge is 0.269 e. The monoisotopic (exact) mass is 368 g/mol. The lowest BCUT2D eigenvalue weighted by Crippen LogP contribution is -2.30. The molecule has 0 unspecified atom stereocenters. The Morgan fingerprint density at radius 1 is 1.26 bits per heavy atom. The van der Waals surface area contributed by atoms with Crippen LogP contribution in [-0.2, 0) is 11.3 Å². The van der Waals surface area contributed by atoms with Gasteiger partial charge in [0.25, 0.3) is 5.69 Å². The van der Waals surface area contributed by atoms with Crippen LogP contribution in [0.3, 0.4) is 0 Å². The maximum absolute atomic E-state index is 12.4. The molecule has 0 saturated heterocycles. The number of nitro benzene ring substituents is 1. The first kappa shape index (κ1) is 18.0. The van der Waals surface area contributed by atoms with Gasteiger partial charge in [-0.1, -0.05) is 12.1 Å². The minimum Gasteiger partial charge on any atom is -0.497 e. The van der Waals surface area contributed by atoms with Gasteiger partial charge in [-0.3, -0.25) is 14.9 Å². The second kappa shape index (κ2) is 7.60. The summed E-state index contributed by atoms with van der Waals surface area (Å²) in [5, 5.41) is 22.8. The number of rotatable bonds is 6. The molecule has 0 aliphatic heterocycles. The van der Waals surface area contributed by atoms with Crippen LogP contribution in [0, 0.1) is 10.1 Å². The highest BCUT2D eigenvalue weighted by atomic mass is 16.6. The number of tetrazole rings is 1. The van der Waals surface area contributed by atoms with Gasteiger partial charge in [-0.05, 0) is 29.5 Å². The van der Waals surface area contributed by atoms with Crippen LogP contribution in [0.25, 0.3) is 11.4 Å². The standard InChI is InChI=1S/C17H16N6O4/c1-21(13-6-8-14(9-7-13)23(25)26)16(24)11-22-19-17(18-20-22)12-4-3-5-15(10-12)27-2/h3-10H,11H2,1-2H3. The normalized spacial score (nSPS) is 10.4. The number of carbonyl (C=O) groups is 1. The first-order valence-electron chi connectivity index (χ1n) is 7.91. The van der Waals surface area contributed by atoms with Crippen molar-refractivity contribution in [3.05, 3.63) is 58.6 Å². The second-order valence-corrected chi connectivity index (χ2v) is 5.60. The van der Waals surface area contributed by atoms with Crippen molar-refractivity contribution in [2.75, 3.05) is 19.1 Å². The van der Waals surface area contributed by atoms with E-state index >= 15 is 0 Å². The van der Waals surface area contributed by atoms with E-state index in [0.29, 0.717) is 17.3 Å². The van der Waals surface area contributed by atoms with Gasteiger partial charge in [0, 0.05) is 30.4 Å². The van der Waals surface area contributed by atoms with E-state index in [0.717, 1.165) is 5.56 Å². The highest BCUT2D eigenvalue weighted by molar-refractivity contribution is 5.92. The molecule has 0 spiro atoms. The van der Waals surface area contributed by atoms with Gasteiger partial charge in [-0.2, -0.15) is 4.80 Å². The Morgan fingerprint density at radius 2 is 2.00 bits per heavy atom. The first-order chi connectivity index (χ1) is 13.0. The zero-order valence-corrected chi connectivity index (χ0v) is 14.6. The summed E-state index contributed by atoms with van der Waals surface area (Å²) in [6.45, 7) is -0.121. The van der Waals surface area contributed by atoms with E-state index in [4.69, 9.17) is 4.74 Å². The predicted molar refractivity (Wildman–Crippen MR) is 96.3 cm³/mol. The van der Waals surface area contributed by atoms with Crippen molar-refractivity contribution >= 4 is 17.3 Å². The van der Waals surface area contributed by atoms with Gasteiger partial charge >= 0.3 is 0 Å². The molecule has 27 heavy (non-hydrogen) atoms. The lowest BCUT2D eigenvalue weighted by molar-refractivity contribution is -0.384. The molecule has 0 radical (unpaired) electrons. The molecule has 0 fully saturated rings. The third-order valence-electron chi connectivity index (χ3n) is 3.88. The Balaban J connectivity index is 1.70. The SMILES string of the molecule is COc1cccc(-c2nnn(CC(=O)N(C)c3ccc([N+](=O)[O-])cc3)n2)c1. The van der Waals surface area contributed by atoms with Crippen molar-refractivity contribution < 1.29 is 14.5 Å². The number of aromatic nitrogens is 4. The van der Waals surface area contributed by atoms with Crippen molar-refractivity contribution in [2.45, 2.75) is 6.54 Å². The fraction of sp³-hybridized carbons (Fsp3) is 0.176. The van der Waals surface area contributed by atoms with E-state index in [-0.39, 0.29) is 18.1 Å². The maximum atomic E-state index is 12.4. The quantitative estimate of drug-likeness (QED) is 0.482. The van der Waals surface area contributed by atoms with Gasteiger partial charge in [-0.15, -0.1) is 10.2 Å². The molecule has 0 saturated carbocycles. The minimum atomic E-state index is -0.495. The van der Waals surface area contributed by atoms with E-state index in [2.05, 4.69) is 15.4 Å². The minimum absolute atomic E-state index is 0.0412. The molecule has 0 aliphatic rings. The number of amides is 1. The lowest BCUT2D eigenvalue weighted by Gasteiger charge is -2.16. The number of likely N-dealkylation sites (N-methyl/N-ethyl adjacent to an activating group) is 1. The Hall–Kier alpha value is -3.82. The van der Waals surface area contributed by atoms with Crippen LogP contribution in [-0.4, -0.2) is 45.2 Å². The van der Waals surface area contributed by atoms with E-state index in [1.54, 1.807) is 26.3 Å². The average Bonchev–Trinajstić information content (AvgIpc) is 3.16. The number of anilines is 1. The Kier molecular flexibility index (Phi) is 5.06. The molecule has 0 bridgehead atoms. The van der Waals surface area contributed by atoms with Crippen LogP contribution in [0.15, 0.2) is 48.5 Å². The largest absolute Gasteiger partial charge is 0.497 e. The van der Waals surface area contributed by atoms with Crippen LogP contribution in [0.1, 0.15) is 0 Å². The van der Waals surface area contributed by atoms with Crippen molar-refractivity contribution in [1.29, 1.82) is 0 Å². The number of non-ortho nitro benzene ring substituents is 1. The summed E-state index contributed by atoms with van der Waals surface area (Å²) in [6.07, 6.45) is 0. The van der Waals surface area contributed by atoms with Crippen LogP contribution >= 0.6 is 0 Å². The summed E-state index contributed by atoms with van der Waals surface area (Å²) in [5.74, 6) is 0.746. The number of carbonyl (C=O) groups excluding carboxylic acids is 1. The Morgan fingerprint density at radius 3 is 2.67 bits per heavy atom. The fourth-order valence-electron chi connectivity index (χ4n) is 2.36. The number of nitro groups is 1. The van der Waals surface area contributed by atoms with E-state index in [1.807, 2.05) is 12.1 Å². The number of ether oxygens (including phenoxy) is 1. The zero-order chi connectivity index (χ0) is 19.4. The Bertz CT molecular complexity index is 970. The van der Waals surface area contributed by atoms with Crippen LogP contribution < -0.4 is 9.64 Å². The van der Waals surface area contributed by atoms with Crippen molar-refractivity contribution in [3.63, 3.8) is 0 Å². The molecular weight excluding hydrogens is 352 g/mol. The molecule has 0 atom stereocenters. The lowest BCUT2D eigenvalue weighted by atomic mass is 10.2. The second-order valence-electron chi connectivity index (χ2n) is 5.60. The molecule has 138 valence electrons. The molecule has 3 aromatic rings. The van der Waals surface area contributed by atoms with Gasteiger partial charge in [0.2, 0.25) is 11.7 Å². The summed E-state index contributed by atoms with van der Waals surface area (Å²) in [7, 11) is 3.14. The number of benzene rings is 2. The van der Waals surface area contributed by atoms with Gasteiger partial charge in [0.15, 0.2) is 0 Å². The predicted octanol–water partition coefficient (Wildman–Crippen LogP) is 1.92. The maximum Gasteiger partial charge on any atom is 0.269 e. The number of hydrogen-bond donors (Lipinski definition) is 0. The highest BCUT2D eigenvalue weighted by Crippen LogP contribution is 2.20. The summed E-state index contributed by atoms with van der Waals surface area (Å²) in [6, 6.07) is 12.9. The molecule has 1 aromatic heterocycles. The molecule has 1 heterocycles. The fourth-order valence-corrected chi connectivity index (χ4v) is 2.36. The first-order valence-corrected chi connectivity index (χ1v) is 7.91. The molecule has 2 aromatic carbocycles. The molecule has 10 heteroatoms. The highest BCUT2D eigenvalue weighted by Gasteiger charge is 2.15. The Labute approximate surface area is 154 Å². The summed E-state index contributed by atoms with van der Waals surface area (Å²) in [4.78, 5) is 25.2. The van der Waals surface area contributed by atoms with E-state index in [1.165, 1.54) is 34.0 Å². The average molecular weight is 368 g/mol. The molecule has 0 aliphatic carbocycles. The summed E-state index contributed by atoms with van der Waals surface area (Å²) < 4.78 is 5.17. The summed E-state index contributed by atoms with van der Waals surface area (Å²) >= 11 is 0. The van der Waals surface area contributed by atoms with Crippen molar-refractivity contribution in [3.8, 4) is 17.1 Å². The van der Waals surface area contributed by atoms with Crippen LogP contribution in [0.2, 0.25) is 0 Å². The zero-order valence-electron chi connectivity index (χ0n) is 14.6. The van der Waals surface area contributed by atoms with Gasteiger partial charge < -0.3 is 9.64 Å². The van der Waals surface area contributed by atoms with Gasteiger partial charge in [-0.25, -0.2) is 0 Å². The summed E-state index contributed by atoms with van der Waals surface area (Å²) in [5.41, 5.74) is 1.20. The molecule has 3 rings (SSSR count). The van der Waals surface area contributed by atoms with Crippen LogP contribution in [0.4, 0.5) is 11.4 Å². The van der Waals surface area contributed by atoms with E-state index < -0.39 is 4.92 Å². The molecule has 1 amide bonds. The number of hydrogen-bond acceptors (Lipinski definition) is 7. The number of methoxy groups -OCH3 is 1.